The smallest absolute Gasteiger partial charge is 0.475 e. The quantitative estimate of drug-likeness (QED) is 0.0291. The van der Waals surface area contributed by atoms with Crippen molar-refractivity contribution in [2.45, 2.75) is 95.4 Å². The fraction of sp³-hybridized carbons (Fsp3) is 0.816. The average Bonchev–Trinajstić information content (AvgIpc) is 3.69. The van der Waals surface area contributed by atoms with E-state index in [1.807, 2.05) is 0 Å². The van der Waals surface area contributed by atoms with E-state index in [1.54, 1.807) is 26.5 Å². The Kier molecular flexibility index (Phi) is 22.3. The van der Waals surface area contributed by atoms with Gasteiger partial charge in [-0.2, -0.15) is 0 Å². The van der Waals surface area contributed by atoms with Crippen LogP contribution in [0.4, 0.5) is 0 Å². The van der Waals surface area contributed by atoms with E-state index in [0.717, 1.165) is 12.8 Å². The van der Waals surface area contributed by atoms with Crippen LogP contribution >= 0.6 is 0 Å². The second kappa shape index (κ2) is 26.5. The van der Waals surface area contributed by atoms with Crippen molar-refractivity contribution < 1.29 is 69.1 Å². The standard InChI is InChI=1S/C38H67BN8O14/c1-26(37(57)47-13-3-4-30(47)39(60)61)42-36(56)28-8-6-27(7-9-28)22-41-31(48)5-2-12-40-32(49)11-10-29(38(58)59)46-20-18-44(24-34(52)53)16-14-43(23-33(50)51)15-17-45(19-21-46)25-35(54)55/h26-30,32,40,49,60-61H,2-25H2,1H3,(H,41,48)(H,42,56)(H,50,51)(H,52,53)(H,54,55)(H,58,59)/t26-,27-,28-,29-,30+,32?/m1/s1. The molecule has 0 bridgehead atoms. The van der Waals surface area contributed by atoms with Crippen LogP contribution in [0.3, 0.4) is 0 Å². The van der Waals surface area contributed by atoms with Crippen molar-refractivity contribution in [3.63, 3.8) is 0 Å². The van der Waals surface area contributed by atoms with Gasteiger partial charge in [-0.25, -0.2) is 0 Å². The highest BCUT2D eigenvalue weighted by Gasteiger charge is 2.39. The molecule has 0 radical (unpaired) electrons. The molecule has 61 heavy (non-hydrogen) atoms. The minimum atomic E-state index is -1.63. The van der Waals surface area contributed by atoms with Gasteiger partial charge in [-0.05, 0) is 77.2 Å². The average molecular weight is 871 g/mol. The van der Waals surface area contributed by atoms with Crippen molar-refractivity contribution in [3.8, 4) is 0 Å². The summed E-state index contributed by atoms with van der Waals surface area (Å²) in [6.07, 6.45) is 3.40. The van der Waals surface area contributed by atoms with Crippen molar-refractivity contribution in [2.75, 3.05) is 91.6 Å². The predicted molar refractivity (Wildman–Crippen MR) is 219 cm³/mol. The maximum Gasteiger partial charge on any atom is 0.475 e. The van der Waals surface area contributed by atoms with E-state index >= 15 is 0 Å². The molecule has 10 N–H and O–H groups in total. The third-order valence-corrected chi connectivity index (χ3v) is 11.8. The van der Waals surface area contributed by atoms with E-state index in [9.17, 15) is 69.1 Å². The first-order chi connectivity index (χ1) is 28.9. The Morgan fingerprint density at radius 2 is 1.23 bits per heavy atom. The van der Waals surface area contributed by atoms with Crippen LogP contribution in [0.1, 0.15) is 71.1 Å². The second-order valence-corrected chi connectivity index (χ2v) is 16.5. The molecule has 4 atom stereocenters. The zero-order valence-electron chi connectivity index (χ0n) is 35.2. The number of aliphatic hydroxyl groups is 1. The van der Waals surface area contributed by atoms with Crippen LogP contribution in [-0.4, -0.2) is 225 Å². The van der Waals surface area contributed by atoms with Crippen molar-refractivity contribution in [1.82, 2.24) is 40.4 Å². The molecule has 3 aliphatic rings. The van der Waals surface area contributed by atoms with Gasteiger partial charge in [-0.15, -0.1) is 0 Å². The Morgan fingerprint density at radius 1 is 0.705 bits per heavy atom. The molecular formula is C38H67BN8O14. The molecule has 346 valence electrons. The van der Waals surface area contributed by atoms with Crippen molar-refractivity contribution in [3.05, 3.63) is 0 Å². The molecule has 0 spiro atoms. The summed E-state index contributed by atoms with van der Waals surface area (Å²) in [5.74, 6) is -5.89. The van der Waals surface area contributed by atoms with Gasteiger partial charge in [0, 0.05) is 77.8 Å². The number of hydrogen-bond acceptors (Lipinski definition) is 15. The minimum Gasteiger partial charge on any atom is -0.480 e. The number of hydrogen-bond donors (Lipinski definition) is 10. The Balaban J connectivity index is 1.40. The number of aliphatic carboxylic acids is 4. The summed E-state index contributed by atoms with van der Waals surface area (Å²) in [6.45, 7) is 3.11. The number of nitrogens with zero attached hydrogens (tertiary/aromatic N) is 5. The maximum absolute atomic E-state index is 12.9. The van der Waals surface area contributed by atoms with E-state index in [2.05, 4.69) is 16.0 Å². The summed E-state index contributed by atoms with van der Waals surface area (Å²) in [7, 11) is -1.63. The van der Waals surface area contributed by atoms with Crippen molar-refractivity contribution in [2.24, 2.45) is 11.8 Å². The van der Waals surface area contributed by atoms with Gasteiger partial charge in [0.2, 0.25) is 17.7 Å². The number of carboxylic acids is 4. The Labute approximate surface area is 356 Å². The van der Waals surface area contributed by atoms with Crippen LogP contribution in [0, 0.1) is 11.8 Å². The molecule has 3 rings (SSSR count). The Hall–Kier alpha value is -3.97. The lowest BCUT2D eigenvalue weighted by Crippen LogP contribution is -2.53. The first-order valence-electron chi connectivity index (χ1n) is 21.4. The van der Waals surface area contributed by atoms with Gasteiger partial charge in [0.05, 0.1) is 25.6 Å². The number of amides is 3. The van der Waals surface area contributed by atoms with Crippen LogP contribution in [0.2, 0.25) is 0 Å². The highest BCUT2D eigenvalue weighted by molar-refractivity contribution is 6.43. The lowest BCUT2D eigenvalue weighted by atomic mass is 9.77. The molecule has 1 saturated carbocycles. The predicted octanol–water partition coefficient (Wildman–Crippen LogP) is -3.19. The molecule has 0 aromatic rings. The van der Waals surface area contributed by atoms with Crippen LogP contribution in [0.25, 0.3) is 0 Å². The van der Waals surface area contributed by atoms with E-state index in [4.69, 9.17) is 0 Å². The third-order valence-electron chi connectivity index (χ3n) is 11.8. The SMILES string of the molecule is C[C@@H](NC(=O)[C@H]1CC[C@H](CNC(=O)CCCNC(O)CC[C@H](C(=O)O)N2CCN(CC(=O)O)CCN(CC(=O)O)CCN(CC(=O)O)CC2)CC1)C(=O)N1CCC[C@H]1B(O)O. The fourth-order valence-electron chi connectivity index (χ4n) is 8.30. The summed E-state index contributed by atoms with van der Waals surface area (Å²) in [5, 5.41) is 77.0. The van der Waals surface area contributed by atoms with Gasteiger partial charge >= 0.3 is 31.0 Å². The summed E-state index contributed by atoms with van der Waals surface area (Å²) < 4.78 is 0. The molecule has 22 nitrogen and oxygen atoms in total. The summed E-state index contributed by atoms with van der Waals surface area (Å²) >= 11 is 0. The maximum atomic E-state index is 12.9. The Bertz CT molecular complexity index is 1430. The molecule has 1 aliphatic carbocycles. The molecule has 3 amide bonds. The number of likely N-dealkylation sites (tertiary alicyclic amines) is 1. The molecular weight excluding hydrogens is 803 g/mol. The van der Waals surface area contributed by atoms with Gasteiger partial charge in [0.25, 0.3) is 0 Å². The molecule has 1 unspecified atom stereocenters. The zero-order valence-corrected chi connectivity index (χ0v) is 35.2. The zero-order chi connectivity index (χ0) is 45.1. The van der Waals surface area contributed by atoms with E-state index < -0.39 is 55.2 Å². The summed E-state index contributed by atoms with van der Waals surface area (Å²) in [4.78, 5) is 93.4. The number of aliphatic hydroxyl groups excluding tert-OH is 1. The van der Waals surface area contributed by atoms with E-state index in [0.29, 0.717) is 45.2 Å². The topological polar surface area (TPSA) is 313 Å². The van der Waals surface area contributed by atoms with Gasteiger partial charge in [0.1, 0.15) is 18.3 Å². The first kappa shape index (κ1) is 51.4. The third kappa shape index (κ3) is 18.9. The van der Waals surface area contributed by atoms with Crippen LogP contribution in [0.5, 0.6) is 0 Å². The first-order valence-corrected chi connectivity index (χ1v) is 21.4. The lowest BCUT2D eigenvalue weighted by Gasteiger charge is -2.35. The summed E-state index contributed by atoms with van der Waals surface area (Å²) in [6, 6.07) is -1.87. The minimum absolute atomic E-state index is 0.0178. The van der Waals surface area contributed by atoms with Crippen molar-refractivity contribution >= 4 is 48.7 Å². The van der Waals surface area contributed by atoms with Crippen LogP contribution in [-0.2, 0) is 33.6 Å². The van der Waals surface area contributed by atoms with Crippen molar-refractivity contribution in [1.29, 1.82) is 0 Å². The number of carboxylic acid groups (broad SMARTS) is 4. The molecule has 2 aliphatic heterocycles. The number of carbonyl (C=O) groups excluding carboxylic acids is 3. The van der Waals surface area contributed by atoms with Gasteiger partial charge in [-0.3, -0.25) is 58.5 Å². The number of rotatable bonds is 22. The second-order valence-electron chi connectivity index (χ2n) is 16.5. The highest BCUT2D eigenvalue weighted by Crippen LogP contribution is 2.29. The van der Waals surface area contributed by atoms with Gasteiger partial charge < -0.3 is 51.1 Å². The molecule has 23 heteroatoms. The van der Waals surface area contributed by atoms with Gasteiger partial charge in [0.15, 0.2) is 0 Å². The van der Waals surface area contributed by atoms with Crippen LogP contribution in [0.15, 0.2) is 0 Å². The molecule has 0 aromatic carbocycles. The Morgan fingerprint density at radius 3 is 1.72 bits per heavy atom. The van der Waals surface area contributed by atoms with Gasteiger partial charge in [-0.1, -0.05) is 0 Å². The molecule has 3 fully saturated rings. The monoisotopic (exact) mass is 870 g/mol. The lowest BCUT2D eigenvalue weighted by molar-refractivity contribution is -0.145. The molecule has 2 heterocycles. The van der Waals surface area contributed by atoms with E-state index in [1.165, 1.54) is 4.90 Å². The molecule has 0 aromatic heterocycles. The van der Waals surface area contributed by atoms with E-state index in [-0.39, 0.29) is 127 Å². The van der Waals surface area contributed by atoms with Crippen LogP contribution < -0.4 is 16.0 Å². The number of carbonyl (C=O) groups is 7. The number of nitrogens with one attached hydrogen (secondary N) is 3. The largest absolute Gasteiger partial charge is 0.480 e. The highest BCUT2D eigenvalue weighted by atomic mass is 16.4. The summed E-state index contributed by atoms with van der Waals surface area (Å²) in [5.41, 5.74) is 0. The fourth-order valence-corrected chi connectivity index (χ4v) is 8.30. The molecule has 2 saturated heterocycles. The normalized spacial score (nSPS) is 23.1.